The van der Waals surface area contributed by atoms with Gasteiger partial charge >= 0.3 is 0 Å². The lowest BCUT2D eigenvalue weighted by atomic mass is 9.81. The normalized spacial score (nSPS) is 33.8. The van der Waals surface area contributed by atoms with Crippen molar-refractivity contribution < 1.29 is 9.59 Å². The summed E-state index contributed by atoms with van der Waals surface area (Å²) in [6.07, 6.45) is 0.870. The molecule has 0 spiro atoms. The molecule has 2 bridgehead atoms. The highest BCUT2D eigenvalue weighted by Crippen LogP contribution is 2.60. The Balaban J connectivity index is 1.63. The number of carbonyl (C=O) groups is 2. The summed E-state index contributed by atoms with van der Waals surface area (Å²) in [5, 5.41) is 0. The van der Waals surface area contributed by atoms with Gasteiger partial charge in [-0.1, -0.05) is 50.1 Å². The summed E-state index contributed by atoms with van der Waals surface area (Å²) >= 11 is 7.39. The predicted molar refractivity (Wildman–Crippen MR) is 112 cm³/mol. The van der Waals surface area contributed by atoms with Crippen LogP contribution in [0.25, 0.3) is 5.69 Å². The molecule has 8 heteroatoms. The van der Waals surface area contributed by atoms with Crippen LogP contribution in [0.4, 0.5) is 5.69 Å². The zero-order chi connectivity index (χ0) is 19.9. The fraction of sp³-hybridized carbons (Fsp3) is 0.450. The van der Waals surface area contributed by atoms with E-state index in [1.54, 1.807) is 18.7 Å². The molecule has 1 aliphatic heterocycles. The van der Waals surface area contributed by atoms with Crippen LogP contribution < -0.4 is 10.5 Å². The van der Waals surface area contributed by atoms with Gasteiger partial charge in [-0.2, -0.15) is 0 Å². The summed E-state index contributed by atoms with van der Waals surface area (Å²) in [6, 6.07) is 9.24. The Hall–Kier alpha value is -1.67. The molecule has 0 N–H and O–H groups in total. The smallest absolute Gasteiger partial charge is 0.283 e. The zero-order valence-corrected chi connectivity index (χ0v) is 18.6. The molecular formula is C20H19Br2N3O3. The Morgan fingerprint density at radius 2 is 1.46 bits per heavy atom. The molecule has 28 heavy (non-hydrogen) atoms. The van der Waals surface area contributed by atoms with Gasteiger partial charge in [0, 0.05) is 16.7 Å². The predicted octanol–water partition coefficient (Wildman–Crippen LogP) is 2.77. The summed E-state index contributed by atoms with van der Waals surface area (Å²) in [6.45, 7) is 1.78. The van der Waals surface area contributed by atoms with Crippen molar-refractivity contribution in [3.63, 3.8) is 0 Å². The second-order valence-electron chi connectivity index (χ2n) is 7.93. The van der Waals surface area contributed by atoms with Gasteiger partial charge in [0.05, 0.1) is 23.2 Å². The number of carbonyl (C=O) groups excluding carboxylic acids is 2. The quantitative estimate of drug-likeness (QED) is 0.463. The number of imide groups is 1. The molecule has 1 aromatic heterocycles. The third-order valence-corrected chi connectivity index (χ3v) is 9.94. The number of fused-ring (bicyclic) bond motifs is 5. The van der Waals surface area contributed by atoms with Crippen molar-refractivity contribution in [3.8, 4) is 5.69 Å². The highest BCUT2D eigenvalue weighted by Gasteiger charge is 2.67. The number of halogens is 2. The molecule has 0 unspecified atom stereocenters. The lowest BCUT2D eigenvalue weighted by Crippen LogP contribution is -2.37. The number of hydrogen-bond donors (Lipinski definition) is 0. The fourth-order valence-electron chi connectivity index (χ4n) is 5.38. The summed E-state index contributed by atoms with van der Waals surface area (Å²) in [7, 11) is 1.77. The summed E-state index contributed by atoms with van der Waals surface area (Å²) in [4.78, 5) is 41.4. The highest BCUT2D eigenvalue weighted by atomic mass is 79.9. The molecule has 2 aliphatic carbocycles. The first-order valence-corrected chi connectivity index (χ1v) is 11.2. The van der Waals surface area contributed by atoms with Crippen molar-refractivity contribution in [3.05, 3.63) is 46.4 Å². The van der Waals surface area contributed by atoms with Crippen LogP contribution in [0.15, 0.2) is 35.1 Å². The van der Waals surface area contributed by atoms with E-state index in [0.717, 1.165) is 6.42 Å². The molecule has 1 aromatic carbocycles. The van der Waals surface area contributed by atoms with E-state index in [1.807, 2.05) is 30.3 Å². The minimum absolute atomic E-state index is 0.126. The van der Waals surface area contributed by atoms with Crippen LogP contribution in [0.2, 0.25) is 0 Å². The van der Waals surface area contributed by atoms with Crippen LogP contribution >= 0.6 is 31.9 Å². The maximum Gasteiger partial charge on any atom is 0.296 e. The maximum atomic E-state index is 13.3. The molecule has 2 aromatic rings. The van der Waals surface area contributed by atoms with Crippen molar-refractivity contribution in [1.82, 2.24) is 9.36 Å². The van der Waals surface area contributed by atoms with Gasteiger partial charge in [0.2, 0.25) is 11.8 Å². The van der Waals surface area contributed by atoms with Crippen molar-refractivity contribution in [2.24, 2.45) is 30.7 Å². The minimum atomic E-state index is -0.342. The number of amides is 2. The van der Waals surface area contributed by atoms with Gasteiger partial charge in [0.1, 0.15) is 5.69 Å². The van der Waals surface area contributed by atoms with Crippen LogP contribution in [-0.2, 0) is 16.6 Å². The van der Waals surface area contributed by atoms with Crippen LogP contribution in [-0.4, -0.2) is 30.8 Å². The summed E-state index contributed by atoms with van der Waals surface area (Å²) in [5.74, 6) is -0.864. The number of aromatic nitrogens is 2. The van der Waals surface area contributed by atoms with Crippen molar-refractivity contribution in [1.29, 1.82) is 0 Å². The van der Waals surface area contributed by atoms with E-state index < -0.39 is 0 Å². The second kappa shape index (κ2) is 6.16. The zero-order valence-electron chi connectivity index (χ0n) is 15.4. The Morgan fingerprint density at radius 3 is 2.00 bits per heavy atom. The molecule has 1 saturated heterocycles. The molecule has 3 fully saturated rings. The van der Waals surface area contributed by atoms with Gasteiger partial charge in [-0.25, -0.2) is 9.58 Å². The molecule has 3 aliphatic rings. The van der Waals surface area contributed by atoms with E-state index >= 15 is 0 Å². The van der Waals surface area contributed by atoms with Gasteiger partial charge in [0.25, 0.3) is 5.56 Å². The van der Waals surface area contributed by atoms with E-state index in [1.165, 1.54) is 9.58 Å². The molecule has 0 radical (unpaired) electrons. The highest BCUT2D eigenvalue weighted by molar-refractivity contribution is 9.12. The number of alkyl halides is 2. The molecule has 146 valence electrons. The molecular weight excluding hydrogens is 490 g/mol. The Bertz CT molecular complexity index is 1030. The average molecular weight is 509 g/mol. The molecule has 2 saturated carbocycles. The maximum absolute atomic E-state index is 13.3. The number of benzene rings is 1. The van der Waals surface area contributed by atoms with E-state index in [2.05, 4.69) is 31.9 Å². The van der Waals surface area contributed by atoms with Crippen LogP contribution in [0, 0.1) is 30.6 Å². The van der Waals surface area contributed by atoms with Crippen LogP contribution in [0.5, 0.6) is 0 Å². The molecule has 5 rings (SSSR count). The Morgan fingerprint density at radius 1 is 0.929 bits per heavy atom. The summed E-state index contributed by atoms with van der Waals surface area (Å²) < 4.78 is 3.21. The topological polar surface area (TPSA) is 64.3 Å². The molecule has 6 nitrogen and oxygen atoms in total. The monoisotopic (exact) mass is 507 g/mol. The number of nitrogens with zero attached hydrogens (tertiary/aromatic N) is 3. The van der Waals surface area contributed by atoms with E-state index in [-0.39, 0.29) is 56.4 Å². The molecule has 2 heterocycles. The lowest BCUT2D eigenvalue weighted by Gasteiger charge is -2.28. The minimum Gasteiger partial charge on any atom is -0.283 e. The number of hydrogen-bond acceptors (Lipinski definition) is 3. The lowest BCUT2D eigenvalue weighted by molar-refractivity contribution is -0.123. The van der Waals surface area contributed by atoms with Gasteiger partial charge in [-0.3, -0.25) is 19.1 Å². The third-order valence-electron chi connectivity index (χ3n) is 6.73. The number of rotatable bonds is 2. The SMILES string of the molecule is Cc1c(N2C(=O)[C@@H]3[C@@H]4C[C@H]([C@H](Br)[C@@H]4Br)[C@@H]3C2=O)c(=O)n(-c2ccccc2)n1C. The number of para-hydroxylation sites is 1. The standard InChI is InChI=1S/C20H19Br2N3O3/c1-9-17(20(28)25(23(9)2)10-6-4-3-5-7-10)24-18(26)13-11-8-12(14(13)19(24)27)16(22)15(11)21/h3-7,11-16H,8H2,1-2H3/t11-,12-,13-,14+,15-,16+/m0/s1. The van der Waals surface area contributed by atoms with E-state index in [0.29, 0.717) is 11.4 Å². The fourth-order valence-corrected chi connectivity index (χ4v) is 7.25. The van der Waals surface area contributed by atoms with Crippen LogP contribution in [0.1, 0.15) is 12.1 Å². The summed E-state index contributed by atoms with van der Waals surface area (Å²) in [5.41, 5.74) is 1.15. The van der Waals surface area contributed by atoms with Crippen molar-refractivity contribution in [2.45, 2.75) is 23.0 Å². The number of anilines is 1. The van der Waals surface area contributed by atoms with Gasteiger partial charge in [0.15, 0.2) is 0 Å². The van der Waals surface area contributed by atoms with Crippen LogP contribution in [0.3, 0.4) is 0 Å². The van der Waals surface area contributed by atoms with E-state index in [9.17, 15) is 14.4 Å². The molecule has 6 atom stereocenters. The van der Waals surface area contributed by atoms with Gasteiger partial charge < -0.3 is 0 Å². The third kappa shape index (κ3) is 2.16. The van der Waals surface area contributed by atoms with Gasteiger partial charge in [-0.15, -0.1) is 0 Å². The first-order valence-electron chi connectivity index (χ1n) is 9.34. The average Bonchev–Trinajstić information content (AvgIpc) is 3.34. The van der Waals surface area contributed by atoms with E-state index in [4.69, 9.17) is 0 Å². The second-order valence-corrected chi connectivity index (χ2v) is 10.0. The Kier molecular flexibility index (Phi) is 4.04. The first-order chi connectivity index (χ1) is 13.3. The molecule has 2 amide bonds. The van der Waals surface area contributed by atoms with Gasteiger partial charge in [-0.05, 0) is 37.3 Å². The van der Waals surface area contributed by atoms with Crippen molar-refractivity contribution in [2.75, 3.05) is 4.90 Å². The van der Waals surface area contributed by atoms with Crippen molar-refractivity contribution >= 4 is 49.4 Å². The first kappa shape index (κ1) is 18.4. The largest absolute Gasteiger partial charge is 0.296 e. The Labute approximate surface area is 178 Å².